The first-order valence-electron chi connectivity index (χ1n) is 9.56. The number of piperidine rings is 1. The number of hydrogen-bond donors (Lipinski definition) is 3. The van der Waals surface area contributed by atoms with Gasteiger partial charge in [0, 0.05) is 25.6 Å². The molecule has 3 aliphatic rings. The van der Waals surface area contributed by atoms with E-state index < -0.39 is 11.7 Å². The van der Waals surface area contributed by atoms with Gasteiger partial charge in [0.2, 0.25) is 0 Å². The van der Waals surface area contributed by atoms with Gasteiger partial charge in [-0.2, -0.15) is 0 Å². The van der Waals surface area contributed by atoms with Gasteiger partial charge in [-0.3, -0.25) is 4.79 Å². The highest BCUT2D eigenvalue weighted by atomic mass is 16.4. The van der Waals surface area contributed by atoms with E-state index in [1.165, 1.54) is 0 Å². The zero-order valence-electron chi connectivity index (χ0n) is 14.8. The van der Waals surface area contributed by atoms with Crippen molar-refractivity contribution < 1.29 is 19.8 Å². The monoisotopic (exact) mass is 358 g/mol. The number of carboxylic acid groups (broad SMARTS) is 1. The highest BCUT2D eigenvalue weighted by Crippen LogP contribution is 2.52. The molecule has 6 nitrogen and oxygen atoms in total. The van der Waals surface area contributed by atoms with E-state index in [-0.39, 0.29) is 11.8 Å². The molecule has 4 rings (SSSR count). The lowest BCUT2D eigenvalue weighted by molar-refractivity contribution is -0.159. The third-order valence-electron chi connectivity index (χ3n) is 6.63. The van der Waals surface area contributed by atoms with Crippen molar-refractivity contribution in [1.29, 1.82) is 0 Å². The Labute approximate surface area is 153 Å². The second-order valence-corrected chi connectivity index (χ2v) is 8.00. The molecule has 26 heavy (non-hydrogen) atoms. The SMILES string of the molecule is O=C(O)NCC1C2CN(C(=O)C(O)(c3ccccc3)C3CCCC3)CC12. The van der Waals surface area contributed by atoms with Crippen molar-refractivity contribution in [1.82, 2.24) is 10.2 Å². The summed E-state index contributed by atoms with van der Waals surface area (Å²) in [7, 11) is 0. The molecule has 1 aromatic carbocycles. The molecule has 6 heteroatoms. The number of amides is 2. The van der Waals surface area contributed by atoms with Crippen LogP contribution >= 0.6 is 0 Å². The second kappa shape index (κ2) is 6.58. The van der Waals surface area contributed by atoms with E-state index in [0.29, 0.717) is 43.0 Å². The maximum Gasteiger partial charge on any atom is 0.404 e. The fraction of sp³-hybridized carbons (Fsp3) is 0.600. The molecule has 2 aliphatic carbocycles. The molecule has 1 aromatic rings. The van der Waals surface area contributed by atoms with Crippen LogP contribution in [0.5, 0.6) is 0 Å². The van der Waals surface area contributed by atoms with Crippen molar-refractivity contribution in [2.45, 2.75) is 31.3 Å². The van der Waals surface area contributed by atoms with Gasteiger partial charge in [0.15, 0.2) is 5.60 Å². The predicted molar refractivity (Wildman–Crippen MR) is 95.4 cm³/mol. The third-order valence-corrected chi connectivity index (χ3v) is 6.63. The fourth-order valence-electron chi connectivity index (χ4n) is 5.13. The molecule has 3 unspecified atom stereocenters. The van der Waals surface area contributed by atoms with Gasteiger partial charge in [-0.15, -0.1) is 0 Å². The summed E-state index contributed by atoms with van der Waals surface area (Å²) in [6.45, 7) is 1.70. The minimum Gasteiger partial charge on any atom is -0.465 e. The Kier molecular flexibility index (Phi) is 4.39. The van der Waals surface area contributed by atoms with Crippen molar-refractivity contribution in [3.05, 3.63) is 35.9 Å². The number of aliphatic hydroxyl groups is 1. The van der Waals surface area contributed by atoms with Crippen molar-refractivity contribution in [2.75, 3.05) is 19.6 Å². The average molecular weight is 358 g/mol. The van der Waals surface area contributed by atoms with Crippen LogP contribution in [0.2, 0.25) is 0 Å². The van der Waals surface area contributed by atoms with Gasteiger partial charge in [-0.1, -0.05) is 43.2 Å². The molecule has 3 fully saturated rings. The van der Waals surface area contributed by atoms with Crippen LogP contribution in [0.1, 0.15) is 31.2 Å². The number of benzene rings is 1. The Morgan fingerprint density at radius 2 is 1.73 bits per heavy atom. The molecule has 2 saturated carbocycles. The first kappa shape index (κ1) is 17.3. The summed E-state index contributed by atoms with van der Waals surface area (Å²) in [5, 5.41) is 22.8. The second-order valence-electron chi connectivity index (χ2n) is 8.00. The topological polar surface area (TPSA) is 89.9 Å². The van der Waals surface area contributed by atoms with Crippen LogP contribution in [-0.4, -0.2) is 46.7 Å². The summed E-state index contributed by atoms with van der Waals surface area (Å²) in [6, 6.07) is 9.35. The van der Waals surface area contributed by atoms with E-state index in [1.54, 1.807) is 4.90 Å². The highest BCUT2D eigenvalue weighted by Gasteiger charge is 2.59. The number of nitrogens with one attached hydrogen (secondary N) is 1. The lowest BCUT2D eigenvalue weighted by atomic mass is 9.79. The minimum absolute atomic E-state index is 0.0289. The summed E-state index contributed by atoms with van der Waals surface area (Å²) in [5.74, 6) is 0.835. The normalized spacial score (nSPS) is 29.9. The molecule has 1 aliphatic heterocycles. The summed E-state index contributed by atoms with van der Waals surface area (Å²) >= 11 is 0. The van der Waals surface area contributed by atoms with Gasteiger partial charge in [-0.05, 0) is 36.2 Å². The van der Waals surface area contributed by atoms with Crippen LogP contribution in [0.15, 0.2) is 30.3 Å². The van der Waals surface area contributed by atoms with Crippen molar-refractivity contribution in [3.8, 4) is 0 Å². The Balaban J connectivity index is 1.48. The van der Waals surface area contributed by atoms with Crippen LogP contribution in [0.3, 0.4) is 0 Å². The molecular weight excluding hydrogens is 332 g/mol. The zero-order valence-corrected chi connectivity index (χ0v) is 14.8. The number of carbonyl (C=O) groups excluding carboxylic acids is 1. The standard InChI is InChI=1S/C20H26N2O4/c23-18(22-11-16-15(17(16)12-22)10-21-19(24)25)20(26,14-8-4-5-9-14)13-6-2-1-3-7-13/h1-3,6-7,14-17,21,26H,4-5,8-12H2,(H,24,25). The number of nitrogens with zero attached hydrogens (tertiary/aromatic N) is 1. The molecule has 0 radical (unpaired) electrons. The van der Waals surface area contributed by atoms with E-state index in [2.05, 4.69) is 5.32 Å². The quantitative estimate of drug-likeness (QED) is 0.751. The molecule has 0 aromatic heterocycles. The molecule has 3 atom stereocenters. The molecule has 0 bridgehead atoms. The number of fused-ring (bicyclic) bond motifs is 1. The smallest absolute Gasteiger partial charge is 0.404 e. The molecule has 2 amide bonds. The Morgan fingerprint density at radius 3 is 2.31 bits per heavy atom. The van der Waals surface area contributed by atoms with Gasteiger partial charge < -0.3 is 20.4 Å². The van der Waals surface area contributed by atoms with Gasteiger partial charge in [0.05, 0.1) is 0 Å². The largest absolute Gasteiger partial charge is 0.465 e. The molecule has 1 heterocycles. The van der Waals surface area contributed by atoms with E-state index in [1.807, 2.05) is 30.3 Å². The van der Waals surface area contributed by atoms with Crippen molar-refractivity contribution in [2.24, 2.45) is 23.7 Å². The van der Waals surface area contributed by atoms with Crippen molar-refractivity contribution >= 4 is 12.0 Å². The molecule has 3 N–H and O–H groups in total. The average Bonchev–Trinajstić information content (AvgIpc) is 3.08. The van der Waals surface area contributed by atoms with Gasteiger partial charge in [0.25, 0.3) is 5.91 Å². The molecule has 1 saturated heterocycles. The number of carbonyl (C=O) groups is 2. The lowest BCUT2D eigenvalue weighted by Crippen LogP contribution is -2.51. The van der Waals surface area contributed by atoms with Gasteiger partial charge in [-0.25, -0.2) is 4.79 Å². The van der Waals surface area contributed by atoms with Crippen LogP contribution in [0.25, 0.3) is 0 Å². The molecule has 0 spiro atoms. The number of rotatable bonds is 5. The van der Waals surface area contributed by atoms with Crippen LogP contribution in [-0.2, 0) is 10.4 Å². The van der Waals surface area contributed by atoms with Gasteiger partial charge in [0.1, 0.15) is 0 Å². The van der Waals surface area contributed by atoms with E-state index in [0.717, 1.165) is 25.7 Å². The van der Waals surface area contributed by atoms with E-state index in [4.69, 9.17) is 5.11 Å². The molecular formula is C20H26N2O4. The van der Waals surface area contributed by atoms with E-state index >= 15 is 0 Å². The van der Waals surface area contributed by atoms with E-state index in [9.17, 15) is 14.7 Å². The third kappa shape index (κ3) is 2.86. The maximum atomic E-state index is 13.4. The Morgan fingerprint density at radius 1 is 1.12 bits per heavy atom. The first-order valence-corrected chi connectivity index (χ1v) is 9.56. The summed E-state index contributed by atoms with van der Waals surface area (Å²) in [5.41, 5.74) is -0.745. The Hall–Kier alpha value is -2.08. The summed E-state index contributed by atoms with van der Waals surface area (Å²) in [4.78, 5) is 25.8. The first-order chi connectivity index (χ1) is 12.5. The minimum atomic E-state index is -1.44. The molecule has 140 valence electrons. The summed E-state index contributed by atoms with van der Waals surface area (Å²) < 4.78 is 0. The maximum absolute atomic E-state index is 13.4. The van der Waals surface area contributed by atoms with Crippen LogP contribution < -0.4 is 5.32 Å². The zero-order chi connectivity index (χ0) is 18.3. The van der Waals surface area contributed by atoms with Crippen molar-refractivity contribution in [3.63, 3.8) is 0 Å². The van der Waals surface area contributed by atoms with Crippen LogP contribution in [0.4, 0.5) is 4.79 Å². The number of hydrogen-bond acceptors (Lipinski definition) is 3. The predicted octanol–water partition coefficient (Wildman–Crippen LogP) is 2.04. The van der Waals surface area contributed by atoms with Crippen LogP contribution in [0, 0.1) is 23.7 Å². The van der Waals surface area contributed by atoms with Gasteiger partial charge >= 0.3 is 6.09 Å². The number of likely N-dealkylation sites (tertiary alicyclic amines) is 1. The highest BCUT2D eigenvalue weighted by molar-refractivity contribution is 5.87. The fourth-order valence-corrected chi connectivity index (χ4v) is 5.13. The Bertz CT molecular complexity index is 676. The summed E-state index contributed by atoms with van der Waals surface area (Å²) in [6.07, 6.45) is 2.87. The lowest BCUT2D eigenvalue weighted by Gasteiger charge is -2.37.